The molecule has 0 aliphatic carbocycles. The van der Waals surface area contributed by atoms with E-state index in [-0.39, 0.29) is 5.92 Å². The molecule has 0 saturated heterocycles. The predicted molar refractivity (Wildman–Crippen MR) is 67.9 cm³/mol. The predicted octanol–water partition coefficient (Wildman–Crippen LogP) is 2.35. The van der Waals surface area contributed by atoms with Gasteiger partial charge in [-0.3, -0.25) is 0 Å². The Bertz CT molecular complexity index is 573. The molecule has 2 heterocycles. The van der Waals surface area contributed by atoms with Crippen molar-refractivity contribution in [2.45, 2.75) is 5.92 Å². The van der Waals surface area contributed by atoms with Crippen LogP contribution in [0.25, 0.3) is 0 Å². The fourth-order valence-corrected chi connectivity index (χ4v) is 2.13. The summed E-state index contributed by atoms with van der Waals surface area (Å²) in [6.45, 7) is 0.570. The summed E-state index contributed by atoms with van der Waals surface area (Å²) in [4.78, 5) is 8.60. The maximum absolute atomic E-state index is 5.77. The number of aromatic nitrogens is 2. The smallest absolute Gasteiger partial charge is 0.141 e. The lowest BCUT2D eigenvalue weighted by Gasteiger charge is -2.08. The van der Waals surface area contributed by atoms with Crippen molar-refractivity contribution in [3.63, 3.8) is 0 Å². The zero-order valence-corrected chi connectivity index (χ0v) is 10.5. The molecule has 0 bridgehead atoms. The van der Waals surface area contributed by atoms with Crippen molar-refractivity contribution >= 4 is 21.7 Å². The first-order valence-electron chi connectivity index (χ1n) is 5.25. The minimum absolute atomic E-state index is 0.0709. The highest BCUT2D eigenvalue weighted by Gasteiger charge is 2.27. The number of nitrogens with zero attached hydrogens (tertiary/aromatic N) is 2. The van der Waals surface area contributed by atoms with Gasteiger partial charge in [0.25, 0.3) is 0 Å². The van der Waals surface area contributed by atoms with Gasteiger partial charge in [0.2, 0.25) is 0 Å². The van der Waals surface area contributed by atoms with E-state index in [1.54, 1.807) is 6.20 Å². The number of rotatable bonds is 1. The molecular formula is C12H10BrN3O. The number of anilines is 1. The number of ether oxygens (including phenoxy) is 1. The molecular weight excluding hydrogens is 282 g/mol. The van der Waals surface area contributed by atoms with Crippen LogP contribution in [0.5, 0.6) is 5.75 Å². The van der Waals surface area contributed by atoms with Crippen molar-refractivity contribution in [2.75, 3.05) is 12.3 Å². The fraction of sp³-hybridized carbons (Fsp3) is 0.167. The van der Waals surface area contributed by atoms with Crippen LogP contribution in [0.4, 0.5) is 5.82 Å². The number of hydrogen-bond acceptors (Lipinski definition) is 4. The van der Waals surface area contributed by atoms with Crippen LogP contribution in [0.3, 0.4) is 0 Å². The average molecular weight is 292 g/mol. The summed E-state index contributed by atoms with van der Waals surface area (Å²) in [5, 5.41) is 0. The van der Waals surface area contributed by atoms with Gasteiger partial charge in [-0.25, -0.2) is 9.97 Å². The molecule has 1 atom stereocenters. The highest BCUT2D eigenvalue weighted by atomic mass is 79.9. The molecule has 1 aliphatic rings. The first-order valence-corrected chi connectivity index (χ1v) is 6.04. The Balaban J connectivity index is 2.04. The molecule has 0 radical (unpaired) electrons. The van der Waals surface area contributed by atoms with Gasteiger partial charge in [-0.15, -0.1) is 0 Å². The standard InChI is InChI=1S/C12H10BrN3O/c13-9-5-15-12(16-11(9)14)8-6-17-10-4-2-1-3-7(8)10/h1-5,8H,6H2,(H2,14,15,16). The van der Waals surface area contributed by atoms with Crippen molar-refractivity contribution < 1.29 is 4.74 Å². The Morgan fingerprint density at radius 1 is 1.35 bits per heavy atom. The van der Waals surface area contributed by atoms with Crippen LogP contribution in [0, 0.1) is 0 Å². The van der Waals surface area contributed by atoms with E-state index in [9.17, 15) is 0 Å². The zero-order chi connectivity index (χ0) is 11.8. The number of fused-ring (bicyclic) bond motifs is 1. The average Bonchev–Trinajstić information content (AvgIpc) is 2.76. The van der Waals surface area contributed by atoms with Crippen molar-refractivity contribution in [1.29, 1.82) is 0 Å². The third kappa shape index (κ3) is 1.76. The fourth-order valence-electron chi connectivity index (χ4n) is 1.94. The summed E-state index contributed by atoms with van der Waals surface area (Å²) < 4.78 is 6.32. The van der Waals surface area contributed by atoms with E-state index in [0.717, 1.165) is 11.3 Å². The lowest BCUT2D eigenvalue weighted by Crippen LogP contribution is -2.09. The number of hydrogen-bond donors (Lipinski definition) is 1. The van der Waals surface area contributed by atoms with E-state index >= 15 is 0 Å². The lowest BCUT2D eigenvalue weighted by molar-refractivity contribution is 0.340. The molecule has 0 fully saturated rings. The van der Waals surface area contributed by atoms with Gasteiger partial charge in [-0.1, -0.05) is 18.2 Å². The van der Waals surface area contributed by atoms with Gasteiger partial charge in [0.05, 0.1) is 10.4 Å². The summed E-state index contributed by atoms with van der Waals surface area (Å²) in [7, 11) is 0. The SMILES string of the molecule is Nc1nc(C2COc3ccccc32)ncc1Br. The molecule has 3 rings (SSSR count). The molecule has 17 heavy (non-hydrogen) atoms. The Labute approximate surface area is 107 Å². The van der Waals surface area contributed by atoms with Gasteiger partial charge in [-0.05, 0) is 22.0 Å². The molecule has 0 amide bonds. The van der Waals surface area contributed by atoms with Crippen LogP contribution in [-0.4, -0.2) is 16.6 Å². The summed E-state index contributed by atoms with van der Waals surface area (Å²) in [5.74, 6) is 2.14. The molecule has 0 saturated carbocycles. The second-order valence-corrected chi connectivity index (χ2v) is 4.72. The first kappa shape index (κ1) is 10.5. The first-order chi connectivity index (χ1) is 8.25. The lowest BCUT2D eigenvalue weighted by atomic mass is 10.0. The van der Waals surface area contributed by atoms with Gasteiger partial charge >= 0.3 is 0 Å². The van der Waals surface area contributed by atoms with Gasteiger partial charge in [-0.2, -0.15) is 0 Å². The molecule has 1 aromatic heterocycles. The molecule has 2 N–H and O–H groups in total. The van der Waals surface area contributed by atoms with Crippen molar-refractivity contribution in [1.82, 2.24) is 9.97 Å². The minimum atomic E-state index is 0.0709. The quantitative estimate of drug-likeness (QED) is 0.876. The second-order valence-electron chi connectivity index (χ2n) is 3.86. The molecule has 4 nitrogen and oxygen atoms in total. The van der Waals surface area contributed by atoms with Gasteiger partial charge in [0.1, 0.15) is 24.0 Å². The molecule has 0 spiro atoms. The zero-order valence-electron chi connectivity index (χ0n) is 8.93. The summed E-state index contributed by atoms with van der Waals surface area (Å²) in [6.07, 6.45) is 1.68. The van der Waals surface area contributed by atoms with Crippen molar-refractivity contribution in [3.8, 4) is 5.75 Å². The molecule has 1 aromatic carbocycles. The molecule has 2 aromatic rings. The number of halogens is 1. The normalized spacial score (nSPS) is 17.6. The van der Waals surface area contributed by atoms with Crippen molar-refractivity contribution in [3.05, 3.63) is 46.3 Å². The van der Waals surface area contributed by atoms with Crippen LogP contribution >= 0.6 is 15.9 Å². The van der Waals surface area contributed by atoms with E-state index in [0.29, 0.717) is 22.7 Å². The third-order valence-electron chi connectivity index (χ3n) is 2.80. The van der Waals surface area contributed by atoms with Gasteiger partial charge in [0, 0.05) is 11.8 Å². The Hall–Kier alpha value is -1.62. The van der Waals surface area contributed by atoms with E-state index in [1.165, 1.54) is 0 Å². The van der Waals surface area contributed by atoms with Gasteiger partial charge < -0.3 is 10.5 Å². The highest BCUT2D eigenvalue weighted by molar-refractivity contribution is 9.10. The van der Waals surface area contributed by atoms with Crippen LogP contribution in [0.1, 0.15) is 17.3 Å². The Morgan fingerprint density at radius 2 is 2.18 bits per heavy atom. The molecule has 1 aliphatic heterocycles. The molecule has 86 valence electrons. The van der Waals surface area contributed by atoms with Crippen LogP contribution < -0.4 is 10.5 Å². The summed E-state index contributed by atoms with van der Waals surface area (Å²) in [6, 6.07) is 7.94. The highest BCUT2D eigenvalue weighted by Crippen LogP contribution is 2.36. The van der Waals surface area contributed by atoms with E-state index in [4.69, 9.17) is 10.5 Å². The second kappa shape index (κ2) is 4.00. The number of nitrogens with two attached hydrogens (primary N) is 1. The topological polar surface area (TPSA) is 61.0 Å². The van der Waals surface area contributed by atoms with Crippen LogP contribution in [0.15, 0.2) is 34.9 Å². The maximum Gasteiger partial charge on any atom is 0.141 e. The van der Waals surface area contributed by atoms with Crippen LogP contribution in [0.2, 0.25) is 0 Å². The number of nitrogen functional groups attached to an aromatic ring is 1. The third-order valence-corrected chi connectivity index (χ3v) is 3.41. The monoisotopic (exact) mass is 291 g/mol. The Kier molecular flexibility index (Phi) is 2.48. The maximum atomic E-state index is 5.77. The van der Waals surface area contributed by atoms with E-state index in [1.807, 2.05) is 24.3 Å². The largest absolute Gasteiger partial charge is 0.492 e. The Morgan fingerprint density at radius 3 is 3.00 bits per heavy atom. The molecule has 5 heteroatoms. The summed E-state index contributed by atoms with van der Waals surface area (Å²) in [5.41, 5.74) is 6.89. The number of para-hydroxylation sites is 1. The van der Waals surface area contributed by atoms with Gasteiger partial charge in [0.15, 0.2) is 0 Å². The van der Waals surface area contributed by atoms with E-state index < -0.39 is 0 Å². The minimum Gasteiger partial charge on any atom is -0.492 e. The van der Waals surface area contributed by atoms with Crippen LogP contribution in [-0.2, 0) is 0 Å². The number of benzene rings is 1. The van der Waals surface area contributed by atoms with Crippen molar-refractivity contribution in [2.24, 2.45) is 0 Å². The summed E-state index contributed by atoms with van der Waals surface area (Å²) >= 11 is 3.29. The van der Waals surface area contributed by atoms with E-state index in [2.05, 4.69) is 25.9 Å². The molecule has 1 unspecified atom stereocenters.